The van der Waals surface area contributed by atoms with Crippen LogP contribution in [0, 0.1) is 10.1 Å². The van der Waals surface area contributed by atoms with Gasteiger partial charge in [-0.2, -0.15) is 0 Å². The lowest BCUT2D eigenvalue weighted by atomic mass is 10.1. The van der Waals surface area contributed by atoms with Crippen LogP contribution in [0.3, 0.4) is 0 Å². The highest BCUT2D eigenvalue weighted by Gasteiger charge is 2.11. The topological polar surface area (TPSA) is 78.6 Å². The standard InChI is InChI=1S/C15H17N3O3/c1-17(2)14-6-4-3-5-13(14)16-10-11-9-12(18(20)21)7-8-15(11)19/h3-9,16,19H,10H2,1-2H3. The summed E-state index contributed by atoms with van der Waals surface area (Å²) in [5.74, 6) is 0.0374. The van der Waals surface area contributed by atoms with Crippen LogP contribution in [0.1, 0.15) is 5.56 Å². The molecule has 2 rings (SSSR count). The summed E-state index contributed by atoms with van der Waals surface area (Å²) in [6.45, 7) is 0.304. The molecule has 0 fully saturated rings. The van der Waals surface area contributed by atoms with Gasteiger partial charge in [-0.05, 0) is 18.2 Å². The van der Waals surface area contributed by atoms with E-state index in [0.29, 0.717) is 12.1 Å². The van der Waals surface area contributed by atoms with Crippen molar-refractivity contribution in [1.82, 2.24) is 0 Å². The third kappa shape index (κ3) is 3.42. The number of phenolic OH excluding ortho intramolecular Hbond substituents is 1. The molecule has 0 aliphatic heterocycles. The second-order valence-corrected chi connectivity index (χ2v) is 4.84. The third-order valence-corrected chi connectivity index (χ3v) is 3.13. The highest BCUT2D eigenvalue weighted by Crippen LogP contribution is 2.27. The van der Waals surface area contributed by atoms with Gasteiger partial charge in [0.1, 0.15) is 5.75 Å². The van der Waals surface area contributed by atoms with Gasteiger partial charge in [-0.1, -0.05) is 12.1 Å². The Bertz CT molecular complexity index is 656. The van der Waals surface area contributed by atoms with Gasteiger partial charge in [-0.25, -0.2) is 0 Å². The second-order valence-electron chi connectivity index (χ2n) is 4.84. The summed E-state index contributed by atoms with van der Waals surface area (Å²) < 4.78 is 0. The lowest BCUT2D eigenvalue weighted by molar-refractivity contribution is -0.384. The summed E-state index contributed by atoms with van der Waals surface area (Å²) in [6, 6.07) is 11.7. The molecule has 0 amide bonds. The number of phenols is 1. The van der Waals surface area contributed by atoms with Crippen molar-refractivity contribution in [2.75, 3.05) is 24.3 Å². The van der Waals surface area contributed by atoms with Crippen molar-refractivity contribution in [1.29, 1.82) is 0 Å². The highest BCUT2D eigenvalue weighted by atomic mass is 16.6. The molecule has 2 N–H and O–H groups in total. The van der Waals surface area contributed by atoms with E-state index in [1.54, 1.807) is 0 Å². The van der Waals surface area contributed by atoms with Gasteiger partial charge in [0.05, 0.1) is 16.3 Å². The van der Waals surface area contributed by atoms with E-state index in [-0.39, 0.29) is 11.4 Å². The monoisotopic (exact) mass is 287 g/mol. The van der Waals surface area contributed by atoms with Gasteiger partial charge >= 0.3 is 0 Å². The molecule has 0 saturated heterocycles. The van der Waals surface area contributed by atoms with Crippen molar-refractivity contribution in [3.05, 3.63) is 58.1 Å². The molecule has 0 atom stereocenters. The Morgan fingerprint density at radius 2 is 1.95 bits per heavy atom. The van der Waals surface area contributed by atoms with Crippen LogP contribution >= 0.6 is 0 Å². The Labute approximate surface area is 122 Å². The first-order valence-corrected chi connectivity index (χ1v) is 6.45. The molecule has 0 bridgehead atoms. The molecule has 2 aromatic carbocycles. The molecule has 110 valence electrons. The fourth-order valence-corrected chi connectivity index (χ4v) is 2.03. The van der Waals surface area contributed by atoms with Crippen molar-refractivity contribution in [3.8, 4) is 5.75 Å². The number of nitrogens with zero attached hydrogens (tertiary/aromatic N) is 2. The molecular formula is C15H17N3O3. The zero-order valence-corrected chi connectivity index (χ0v) is 11.9. The molecule has 6 nitrogen and oxygen atoms in total. The zero-order chi connectivity index (χ0) is 15.4. The molecule has 2 aromatic rings. The minimum atomic E-state index is -0.475. The van der Waals surface area contributed by atoms with Crippen molar-refractivity contribution in [2.24, 2.45) is 0 Å². The van der Waals surface area contributed by atoms with Crippen LogP contribution in [-0.4, -0.2) is 24.1 Å². The number of hydrogen-bond donors (Lipinski definition) is 2. The quantitative estimate of drug-likeness (QED) is 0.653. The Hall–Kier alpha value is -2.76. The number of hydrogen-bond acceptors (Lipinski definition) is 5. The number of nitrogens with one attached hydrogen (secondary N) is 1. The Kier molecular flexibility index (Phi) is 4.27. The van der Waals surface area contributed by atoms with Crippen LogP contribution < -0.4 is 10.2 Å². The first-order valence-electron chi connectivity index (χ1n) is 6.45. The molecular weight excluding hydrogens is 270 g/mol. The largest absolute Gasteiger partial charge is 0.508 e. The second kappa shape index (κ2) is 6.13. The third-order valence-electron chi connectivity index (χ3n) is 3.13. The van der Waals surface area contributed by atoms with E-state index in [1.807, 2.05) is 43.3 Å². The average molecular weight is 287 g/mol. The van der Waals surface area contributed by atoms with E-state index in [2.05, 4.69) is 5.32 Å². The molecule has 21 heavy (non-hydrogen) atoms. The van der Waals surface area contributed by atoms with Crippen LogP contribution in [0.2, 0.25) is 0 Å². The summed E-state index contributed by atoms with van der Waals surface area (Å²) in [7, 11) is 3.87. The summed E-state index contributed by atoms with van der Waals surface area (Å²) in [5, 5.41) is 23.8. The Balaban J connectivity index is 2.20. The molecule has 0 aliphatic rings. The van der Waals surface area contributed by atoms with Crippen LogP contribution in [0.25, 0.3) is 0 Å². The number of para-hydroxylation sites is 2. The van der Waals surface area contributed by atoms with Crippen molar-refractivity contribution in [2.45, 2.75) is 6.54 Å². The number of non-ortho nitro benzene ring substituents is 1. The van der Waals surface area contributed by atoms with Gasteiger partial charge in [-0.3, -0.25) is 10.1 Å². The number of anilines is 2. The van der Waals surface area contributed by atoms with Gasteiger partial charge in [0.15, 0.2) is 0 Å². The smallest absolute Gasteiger partial charge is 0.270 e. The predicted octanol–water partition coefficient (Wildman–Crippen LogP) is 2.98. The van der Waals surface area contributed by atoms with Crippen molar-refractivity contribution >= 4 is 17.1 Å². The molecule has 0 unspecified atom stereocenters. The van der Waals surface area contributed by atoms with Gasteiger partial charge < -0.3 is 15.3 Å². The van der Waals surface area contributed by atoms with E-state index in [0.717, 1.165) is 11.4 Å². The highest BCUT2D eigenvalue weighted by molar-refractivity contribution is 5.69. The van der Waals surface area contributed by atoms with Crippen molar-refractivity contribution < 1.29 is 10.0 Å². The summed E-state index contributed by atoms with van der Waals surface area (Å²) >= 11 is 0. The number of nitro benzene ring substituents is 1. The summed E-state index contributed by atoms with van der Waals surface area (Å²) in [6.07, 6.45) is 0. The van der Waals surface area contributed by atoms with Gasteiger partial charge in [-0.15, -0.1) is 0 Å². The minimum Gasteiger partial charge on any atom is -0.508 e. The number of aromatic hydroxyl groups is 1. The first kappa shape index (κ1) is 14.6. The fraction of sp³-hybridized carbons (Fsp3) is 0.200. The van der Waals surface area contributed by atoms with Crippen LogP contribution in [0.5, 0.6) is 5.75 Å². The van der Waals surface area contributed by atoms with Gasteiger partial charge in [0.25, 0.3) is 5.69 Å². The Morgan fingerprint density at radius 3 is 2.62 bits per heavy atom. The molecule has 0 aliphatic carbocycles. The maximum Gasteiger partial charge on any atom is 0.270 e. The van der Waals surface area contributed by atoms with Gasteiger partial charge in [0.2, 0.25) is 0 Å². The van der Waals surface area contributed by atoms with Crippen LogP contribution in [0.4, 0.5) is 17.1 Å². The lowest BCUT2D eigenvalue weighted by Crippen LogP contribution is -2.12. The molecule has 0 aromatic heterocycles. The molecule has 0 spiro atoms. The molecule has 0 heterocycles. The van der Waals surface area contributed by atoms with E-state index < -0.39 is 4.92 Å². The normalized spacial score (nSPS) is 10.2. The SMILES string of the molecule is CN(C)c1ccccc1NCc1cc([N+](=O)[O-])ccc1O. The van der Waals surface area contributed by atoms with E-state index in [1.165, 1.54) is 18.2 Å². The zero-order valence-electron chi connectivity index (χ0n) is 11.9. The Morgan fingerprint density at radius 1 is 1.24 bits per heavy atom. The van der Waals surface area contributed by atoms with Crippen LogP contribution in [-0.2, 0) is 6.54 Å². The summed E-state index contributed by atoms with van der Waals surface area (Å²) in [5.41, 5.74) is 2.35. The molecule has 0 radical (unpaired) electrons. The fourth-order valence-electron chi connectivity index (χ4n) is 2.03. The predicted molar refractivity (Wildman–Crippen MR) is 82.9 cm³/mol. The van der Waals surface area contributed by atoms with Crippen molar-refractivity contribution in [3.63, 3.8) is 0 Å². The minimum absolute atomic E-state index is 0.0366. The van der Waals surface area contributed by atoms with Gasteiger partial charge in [0, 0.05) is 38.3 Å². The first-order chi connectivity index (χ1) is 9.99. The summed E-state index contributed by atoms with van der Waals surface area (Å²) in [4.78, 5) is 12.3. The van der Waals surface area contributed by atoms with E-state index in [9.17, 15) is 15.2 Å². The number of rotatable bonds is 5. The number of nitro groups is 1. The molecule has 6 heteroatoms. The van der Waals surface area contributed by atoms with Crippen LogP contribution in [0.15, 0.2) is 42.5 Å². The number of benzene rings is 2. The average Bonchev–Trinajstić information content (AvgIpc) is 2.46. The lowest BCUT2D eigenvalue weighted by Gasteiger charge is -2.18. The maximum atomic E-state index is 10.8. The maximum absolute atomic E-state index is 10.8. The van der Waals surface area contributed by atoms with E-state index in [4.69, 9.17) is 0 Å². The molecule has 0 saturated carbocycles. The van der Waals surface area contributed by atoms with E-state index >= 15 is 0 Å².